The number of hydrogen-bond donors (Lipinski definition) is 1. The van der Waals surface area contributed by atoms with Crippen molar-refractivity contribution >= 4 is 0 Å². The number of ether oxygens (including phenoxy) is 1. The van der Waals surface area contributed by atoms with E-state index in [-0.39, 0.29) is 5.56 Å². The topological polar surface area (TPSA) is 43.3 Å². The summed E-state index contributed by atoms with van der Waals surface area (Å²) in [5.41, 5.74) is 2.08. The Kier molecular flexibility index (Phi) is 6.00. The Bertz CT molecular complexity index is 502. The molecule has 0 spiro atoms. The monoisotopic (exact) mass is 292 g/mol. The lowest BCUT2D eigenvalue weighted by molar-refractivity contribution is 0.185. The van der Waals surface area contributed by atoms with Crippen LogP contribution in [0.3, 0.4) is 0 Å². The summed E-state index contributed by atoms with van der Waals surface area (Å²) < 4.78 is 7.02. The Morgan fingerprint density at radius 2 is 2.05 bits per heavy atom. The van der Waals surface area contributed by atoms with Crippen LogP contribution in [0.15, 0.2) is 16.9 Å². The van der Waals surface area contributed by atoms with Crippen LogP contribution >= 0.6 is 0 Å². The van der Waals surface area contributed by atoms with Gasteiger partial charge in [-0.3, -0.25) is 4.79 Å². The van der Waals surface area contributed by atoms with Crippen molar-refractivity contribution < 1.29 is 4.74 Å². The van der Waals surface area contributed by atoms with Gasteiger partial charge in [0.1, 0.15) is 0 Å². The van der Waals surface area contributed by atoms with Crippen LogP contribution in [0, 0.1) is 0 Å². The predicted molar refractivity (Wildman–Crippen MR) is 85.8 cm³/mol. The maximum Gasteiger partial charge on any atom is 0.255 e. The van der Waals surface area contributed by atoms with Gasteiger partial charge in [-0.25, -0.2) is 0 Å². The molecule has 1 aromatic heterocycles. The normalized spacial score (nSPS) is 16.0. The molecule has 0 aliphatic heterocycles. The van der Waals surface area contributed by atoms with Crippen molar-refractivity contribution in [3.05, 3.63) is 33.7 Å². The largest absolute Gasteiger partial charge is 0.383 e. The molecule has 1 fully saturated rings. The molecule has 0 amide bonds. The molecule has 118 valence electrons. The summed E-state index contributed by atoms with van der Waals surface area (Å²) in [6.07, 6.45) is 5.09. The van der Waals surface area contributed by atoms with Gasteiger partial charge in [0.2, 0.25) is 0 Å². The summed E-state index contributed by atoms with van der Waals surface area (Å²) in [6, 6.07) is 4.66. The van der Waals surface area contributed by atoms with E-state index >= 15 is 0 Å². The highest BCUT2D eigenvalue weighted by Crippen LogP contribution is 2.18. The van der Waals surface area contributed by atoms with Crippen molar-refractivity contribution in [3.8, 4) is 0 Å². The Morgan fingerprint density at radius 1 is 1.33 bits per heavy atom. The zero-order chi connectivity index (χ0) is 15.2. The molecule has 21 heavy (non-hydrogen) atoms. The number of hydrogen-bond acceptors (Lipinski definition) is 3. The minimum Gasteiger partial charge on any atom is -0.383 e. The first kappa shape index (κ1) is 16.2. The van der Waals surface area contributed by atoms with E-state index in [0.29, 0.717) is 31.7 Å². The third-order valence-corrected chi connectivity index (χ3v) is 4.33. The molecule has 0 unspecified atom stereocenters. The molecule has 1 N–H and O–H groups in total. The molecule has 0 saturated heterocycles. The van der Waals surface area contributed by atoms with Gasteiger partial charge in [-0.05, 0) is 24.8 Å². The number of methoxy groups -OCH3 is 1. The molecule has 1 aliphatic rings. The molecule has 1 aromatic rings. The van der Waals surface area contributed by atoms with E-state index in [0.717, 1.165) is 11.3 Å². The van der Waals surface area contributed by atoms with Crippen LogP contribution in [0.2, 0.25) is 0 Å². The molecule has 4 heteroatoms. The molecule has 2 rings (SSSR count). The summed E-state index contributed by atoms with van der Waals surface area (Å²) in [7, 11) is 1.67. The number of pyridine rings is 1. The van der Waals surface area contributed by atoms with Crippen LogP contribution in [0.1, 0.15) is 56.7 Å². The van der Waals surface area contributed by atoms with Crippen LogP contribution in [0.5, 0.6) is 0 Å². The van der Waals surface area contributed by atoms with Gasteiger partial charge in [0.25, 0.3) is 5.56 Å². The van der Waals surface area contributed by atoms with E-state index in [1.54, 1.807) is 7.11 Å². The third kappa shape index (κ3) is 4.17. The highest BCUT2D eigenvalue weighted by atomic mass is 16.5. The minimum absolute atomic E-state index is 0.128. The second-order valence-corrected chi connectivity index (χ2v) is 6.25. The van der Waals surface area contributed by atoms with Crippen LogP contribution in [-0.2, 0) is 17.8 Å². The summed E-state index contributed by atoms with van der Waals surface area (Å²) in [4.78, 5) is 12.7. The molecule has 1 heterocycles. The molecule has 1 aliphatic carbocycles. The van der Waals surface area contributed by atoms with E-state index in [9.17, 15) is 4.79 Å². The maximum atomic E-state index is 12.7. The fourth-order valence-electron chi connectivity index (χ4n) is 3.07. The van der Waals surface area contributed by atoms with E-state index in [1.807, 2.05) is 10.6 Å². The van der Waals surface area contributed by atoms with Gasteiger partial charge in [0.15, 0.2) is 0 Å². The molecule has 0 radical (unpaired) electrons. The Balaban J connectivity index is 2.15. The molecule has 0 aromatic carbocycles. The second kappa shape index (κ2) is 7.76. The van der Waals surface area contributed by atoms with Crippen LogP contribution < -0.4 is 10.9 Å². The lowest BCUT2D eigenvalue weighted by Crippen LogP contribution is -2.33. The Hall–Kier alpha value is -1.13. The summed E-state index contributed by atoms with van der Waals surface area (Å²) >= 11 is 0. The maximum absolute atomic E-state index is 12.7. The number of rotatable bonds is 7. The third-order valence-electron chi connectivity index (χ3n) is 4.33. The average molecular weight is 292 g/mol. The van der Waals surface area contributed by atoms with Crippen molar-refractivity contribution in [1.82, 2.24) is 9.88 Å². The number of nitrogens with one attached hydrogen (secondary N) is 1. The lowest BCUT2D eigenvalue weighted by Gasteiger charge is -2.18. The fourth-order valence-corrected chi connectivity index (χ4v) is 3.07. The first-order valence-electron chi connectivity index (χ1n) is 8.08. The van der Waals surface area contributed by atoms with E-state index in [2.05, 4.69) is 25.2 Å². The molecule has 0 atom stereocenters. The first-order chi connectivity index (χ1) is 10.1. The van der Waals surface area contributed by atoms with Gasteiger partial charge in [0.05, 0.1) is 6.61 Å². The van der Waals surface area contributed by atoms with Crippen molar-refractivity contribution in [2.45, 2.75) is 64.6 Å². The Morgan fingerprint density at radius 3 is 2.67 bits per heavy atom. The van der Waals surface area contributed by atoms with Crippen molar-refractivity contribution in [2.24, 2.45) is 0 Å². The van der Waals surface area contributed by atoms with Gasteiger partial charge in [-0.15, -0.1) is 0 Å². The van der Waals surface area contributed by atoms with Gasteiger partial charge in [0, 0.05) is 37.5 Å². The zero-order valence-corrected chi connectivity index (χ0v) is 13.5. The van der Waals surface area contributed by atoms with Crippen molar-refractivity contribution in [2.75, 3.05) is 13.7 Å². The Labute approximate surface area is 127 Å². The smallest absolute Gasteiger partial charge is 0.255 e. The molecular weight excluding hydrogens is 264 g/mol. The highest BCUT2D eigenvalue weighted by Gasteiger charge is 2.16. The van der Waals surface area contributed by atoms with Gasteiger partial charge >= 0.3 is 0 Å². The van der Waals surface area contributed by atoms with Gasteiger partial charge < -0.3 is 14.6 Å². The quantitative estimate of drug-likeness (QED) is 0.840. The average Bonchev–Trinajstić information content (AvgIpc) is 2.97. The van der Waals surface area contributed by atoms with Crippen LogP contribution in [0.25, 0.3) is 0 Å². The fraction of sp³-hybridized carbons (Fsp3) is 0.706. The number of aromatic nitrogens is 1. The van der Waals surface area contributed by atoms with E-state index in [4.69, 9.17) is 4.74 Å². The van der Waals surface area contributed by atoms with Crippen molar-refractivity contribution in [3.63, 3.8) is 0 Å². The lowest BCUT2D eigenvalue weighted by atomic mass is 10.1. The van der Waals surface area contributed by atoms with Crippen molar-refractivity contribution in [1.29, 1.82) is 0 Å². The van der Waals surface area contributed by atoms with Crippen LogP contribution in [-0.4, -0.2) is 24.3 Å². The summed E-state index contributed by atoms with van der Waals surface area (Å²) in [5, 5.41) is 3.53. The molecule has 1 saturated carbocycles. The van der Waals surface area contributed by atoms with Crippen LogP contribution in [0.4, 0.5) is 0 Å². The molecule has 0 bridgehead atoms. The zero-order valence-electron chi connectivity index (χ0n) is 13.5. The van der Waals surface area contributed by atoms with E-state index < -0.39 is 0 Å². The highest BCUT2D eigenvalue weighted by molar-refractivity contribution is 5.18. The summed E-state index contributed by atoms with van der Waals surface area (Å²) in [6.45, 7) is 6.11. The van der Waals surface area contributed by atoms with Gasteiger partial charge in [-0.1, -0.05) is 32.8 Å². The summed E-state index contributed by atoms with van der Waals surface area (Å²) in [5.74, 6) is 0.339. The second-order valence-electron chi connectivity index (χ2n) is 6.25. The molecular formula is C17H28N2O2. The van der Waals surface area contributed by atoms with Gasteiger partial charge in [-0.2, -0.15) is 0 Å². The first-order valence-corrected chi connectivity index (χ1v) is 8.08. The predicted octanol–water partition coefficient (Wildman–Crippen LogP) is 2.65. The molecule has 4 nitrogen and oxygen atoms in total. The van der Waals surface area contributed by atoms with E-state index in [1.165, 1.54) is 25.7 Å². The minimum atomic E-state index is 0.128. The number of nitrogens with zero attached hydrogens (tertiary/aromatic N) is 1. The standard InChI is InChI=1S/C17H28N2O2/c1-13(2)16-9-8-14(12-18-15-6-4-5-7-15)17(20)19(16)10-11-21-3/h8-9,13,15,18H,4-7,10-12H2,1-3H3. The SMILES string of the molecule is COCCn1c(C(C)C)ccc(CNC2CCCC2)c1=O.